The molecule has 5 nitrogen and oxygen atoms in total. The molecule has 0 atom stereocenters. The number of nitrogen functional groups attached to an aromatic ring is 1. The first-order valence-electron chi connectivity index (χ1n) is 6.78. The Morgan fingerprint density at radius 2 is 2.16 bits per heavy atom. The van der Waals surface area contributed by atoms with Crippen molar-refractivity contribution >= 4 is 11.6 Å². The van der Waals surface area contributed by atoms with E-state index in [1.165, 1.54) is 12.8 Å². The minimum absolute atomic E-state index is 0.00324. The van der Waals surface area contributed by atoms with Crippen molar-refractivity contribution in [3.63, 3.8) is 0 Å². The molecule has 1 aliphatic heterocycles. The van der Waals surface area contributed by atoms with Crippen LogP contribution in [-0.4, -0.2) is 53.9 Å². The van der Waals surface area contributed by atoms with Crippen LogP contribution in [0.2, 0.25) is 0 Å². The third-order valence-corrected chi connectivity index (χ3v) is 3.64. The number of hydrogen-bond acceptors (Lipinski definition) is 4. The number of amides is 1. The van der Waals surface area contributed by atoms with Crippen LogP contribution in [0.5, 0.6) is 0 Å². The van der Waals surface area contributed by atoms with Gasteiger partial charge in [-0.3, -0.25) is 9.78 Å². The fourth-order valence-corrected chi connectivity index (χ4v) is 2.37. The van der Waals surface area contributed by atoms with Gasteiger partial charge in [0.15, 0.2) is 0 Å². The molecule has 5 heteroatoms. The predicted molar refractivity (Wildman–Crippen MR) is 76.0 cm³/mol. The van der Waals surface area contributed by atoms with Crippen molar-refractivity contribution in [1.29, 1.82) is 0 Å². The van der Waals surface area contributed by atoms with E-state index in [4.69, 9.17) is 5.73 Å². The van der Waals surface area contributed by atoms with Gasteiger partial charge in [0.2, 0.25) is 0 Å². The number of pyridine rings is 1. The number of aromatic nitrogens is 1. The number of nitrogens with two attached hydrogens (primary N) is 1. The molecule has 1 fully saturated rings. The number of carbonyl (C=O) groups excluding carboxylic acids is 1. The van der Waals surface area contributed by atoms with Gasteiger partial charge in [-0.1, -0.05) is 0 Å². The fraction of sp³-hybridized carbons (Fsp3) is 0.571. The zero-order valence-electron chi connectivity index (χ0n) is 11.7. The Balaban J connectivity index is 1.95. The van der Waals surface area contributed by atoms with Crippen LogP contribution < -0.4 is 5.73 Å². The van der Waals surface area contributed by atoms with E-state index in [0.29, 0.717) is 11.3 Å². The molecule has 1 aromatic heterocycles. The molecule has 0 radical (unpaired) electrons. The smallest absolute Gasteiger partial charge is 0.255 e. The fourth-order valence-electron chi connectivity index (χ4n) is 2.37. The van der Waals surface area contributed by atoms with Crippen LogP contribution >= 0.6 is 0 Å². The monoisotopic (exact) mass is 262 g/mol. The maximum Gasteiger partial charge on any atom is 0.255 e. The summed E-state index contributed by atoms with van der Waals surface area (Å²) in [5, 5.41) is 0. The SMILES string of the molecule is Cc1ncc(N)cc1C(=O)N(C)CCN1CCCC1. The summed E-state index contributed by atoms with van der Waals surface area (Å²) < 4.78 is 0. The maximum atomic E-state index is 12.3. The van der Waals surface area contributed by atoms with E-state index >= 15 is 0 Å². The van der Waals surface area contributed by atoms with E-state index in [-0.39, 0.29) is 5.91 Å². The Labute approximate surface area is 114 Å². The van der Waals surface area contributed by atoms with Crippen LogP contribution in [0.15, 0.2) is 12.3 Å². The Hall–Kier alpha value is -1.62. The first kappa shape index (κ1) is 13.8. The zero-order chi connectivity index (χ0) is 13.8. The largest absolute Gasteiger partial charge is 0.397 e. The van der Waals surface area contributed by atoms with Crippen LogP contribution in [0, 0.1) is 6.92 Å². The van der Waals surface area contributed by atoms with Crippen LogP contribution in [0.3, 0.4) is 0 Å². The summed E-state index contributed by atoms with van der Waals surface area (Å²) in [4.78, 5) is 20.6. The van der Waals surface area contributed by atoms with Crippen molar-refractivity contribution in [2.24, 2.45) is 0 Å². The minimum atomic E-state index is -0.00324. The third kappa shape index (κ3) is 3.44. The molecule has 1 aromatic rings. The lowest BCUT2D eigenvalue weighted by Crippen LogP contribution is -2.35. The number of nitrogens with zero attached hydrogens (tertiary/aromatic N) is 3. The van der Waals surface area contributed by atoms with Crippen molar-refractivity contribution in [2.75, 3.05) is 39.0 Å². The van der Waals surface area contributed by atoms with E-state index in [1.807, 2.05) is 14.0 Å². The lowest BCUT2D eigenvalue weighted by molar-refractivity contribution is 0.0781. The number of carbonyl (C=O) groups is 1. The molecule has 0 saturated carbocycles. The molecule has 0 aliphatic carbocycles. The minimum Gasteiger partial charge on any atom is -0.397 e. The normalized spacial score (nSPS) is 15.7. The van der Waals surface area contributed by atoms with Crippen molar-refractivity contribution < 1.29 is 4.79 Å². The molecule has 2 N–H and O–H groups in total. The van der Waals surface area contributed by atoms with Gasteiger partial charge in [0.05, 0.1) is 23.1 Å². The standard InChI is InChI=1S/C14H22N4O/c1-11-13(9-12(15)10-16-11)14(19)17(2)7-8-18-5-3-4-6-18/h9-10H,3-8,15H2,1-2H3. The maximum absolute atomic E-state index is 12.3. The van der Waals surface area contributed by atoms with Gasteiger partial charge < -0.3 is 15.5 Å². The highest BCUT2D eigenvalue weighted by Gasteiger charge is 2.17. The summed E-state index contributed by atoms with van der Waals surface area (Å²) in [7, 11) is 1.83. The Morgan fingerprint density at radius 1 is 1.47 bits per heavy atom. The second-order valence-corrected chi connectivity index (χ2v) is 5.18. The van der Waals surface area contributed by atoms with Gasteiger partial charge in [0.1, 0.15) is 0 Å². The van der Waals surface area contributed by atoms with Crippen LogP contribution in [-0.2, 0) is 0 Å². The number of aryl methyl sites for hydroxylation is 1. The van der Waals surface area contributed by atoms with Crippen molar-refractivity contribution in [3.8, 4) is 0 Å². The second kappa shape index (κ2) is 6.02. The van der Waals surface area contributed by atoms with Gasteiger partial charge in [-0.25, -0.2) is 0 Å². The average molecular weight is 262 g/mol. The lowest BCUT2D eigenvalue weighted by Gasteiger charge is -2.22. The predicted octanol–water partition coefficient (Wildman–Crippen LogP) is 1.14. The van der Waals surface area contributed by atoms with E-state index in [1.54, 1.807) is 17.2 Å². The summed E-state index contributed by atoms with van der Waals surface area (Å²) in [6.45, 7) is 5.83. The number of hydrogen-bond donors (Lipinski definition) is 1. The lowest BCUT2D eigenvalue weighted by atomic mass is 10.1. The van der Waals surface area contributed by atoms with Crippen molar-refractivity contribution in [3.05, 3.63) is 23.5 Å². The molecule has 1 aliphatic rings. The topological polar surface area (TPSA) is 62.5 Å². The first-order chi connectivity index (χ1) is 9.08. The van der Waals surface area contributed by atoms with Gasteiger partial charge in [0, 0.05) is 20.1 Å². The Bertz CT molecular complexity index is 455. The summed E-state index contributed by atoms with van der Waals surface area (Å²) in [6.07, 6.45) is 4.13. The molecule has 2 rings (SSSR count). The van der Waals surface area contributed by atoms with Crippen LogP contribution in [0.4, 0.5) is 5.69 Å². The molecule has 19 heavy (non-hydrogen) atoms. The molecule has 0 unspecified atom stereocenters. The quantitative estimate of drug-likeness (QED) is 0.884. The van der Waals surface area contributed by atoms with Crippen LogP contribution in [0.1, 0.15) is 28.9 Å². The van der Waals surface area contributed by atoms with Gasteiger partial charge in [-0.2, -0.15) is 0 Å². The van der Waals surface area contributed by atoms with Gasteiger partial charge >= 0.3 is 0 Å². The molecule has 104 valence electrons. The molecule has 0 aromatic carbocycles. The third-order valence-electron chi connectivity index (χ3n) is 3.64. The first-order valence-corrected chi connectivity index (χ1v) is 6.78. The highest BCUT2D eigenvalue weighted by Crippen LogP contribution is 2.12. The molecule has 2 heterocycles. The van der Waals surface area contributed by atoms with Gasteiger partial charge in [0.25, 0.3) is 5.91 Å². The highest BCUT2D eigenvalue weighted by molar-refractivity contribution is 5.95. The van der Waals surface area contributed by atoms with Crippen molar-refractivity contribution in [2.45, 2.75) is 19.8 Å². The Kier molecular flexibility index (Phi) is 4.37. The van der Waals surface area contributed by atoms with Crippen molar-refractivity contribution in [1.82, 2.24) is 14.8 Å². The molecule has 1 saturated heterocycles. The van der Waals surface area contributed by atoms with E-state index < -0.39 is 0 Å². The van der Waals surface area contributed by atoms with E-state index in [2.05, 4.69) is 9.88 Å². The molecular weight excluding hydrogens is 240 g/mol. The summed E-state index contributed by atoms with van der Waals surface area (Å²) >= 11 is 0. The zero-order valence-corrected chi connectivity index (χ0v) is 11.7. The van der Waals surface area contributed by atoms with Gasteiger partial charge in [-0.05, 0) is 38.9 Å². The van der Waals surface area contributed by atoms with E-state index in [9.17, 15) is 4.79 Å². The summed E-state index contributed by atoms with van der Waals surface area (Å²) in [6, 6.07) is 1.71. The molecular formula is C14H22N4O. The molecule has 0 bridgehead atoms. The number of rotatable bonds is 4. The van der Waals surface area contributed by atoms with Crippen LogP contribution in [0.25, 0.3) is 0 Å². The highest BCUT2D eigenvalue weighted by atomic mass is 16.2. The summed E-state index contributed by atoms with van der Waals surface area (Å²) in [5.74, 6) is -0.00324. The number of anilines is 1. The Morgan fingerprint density at radius 3 is 2.84 bits per heavy atom. The second-order valence-electron chi connectivity index (χ2n) is 5.18. The molecule has 0 spiro atoms. The molecule has 1 amide bonds. The van der Waals surface area contributed by atoms with Gasteiger partial charge in [-0.15, -0.1) is 0 Å². The van der Waals surface area contributed by atoms with E-state index in [0.717, 1.165) is 31.9 Å². The number of likely N-dealkylation sites (N-methyl/N-ethyl adjacent to an activating group) is 1. The number of likely N-dealkylation sites (tertiary alicyclic amines) is 1. The summed E-state index contributed by atoms with van der Waals surface area (Å²) in [5.41, 5.74) is 7.56. The average Bonchev–Trinajstić information content (AvgIpc) is 2.91.